The van der Waals surface area contributed by atoms with E-state index >= 15 is 0 Å². The van der Waals surface area contributed by atoms with Crippen molar-refractivity contribution in [1.29, 1.82) is 0 Å². The maximum Gasteiger partial charge on any atom is 0.327 e. The third-order valence-corrected chi connectivity index (χ3v) is 5.46. The summed E-state index contributed by atoms with van der Waals surface area (Å²) >= 11 is 0. The van der Waals surface area contributed by atoms with Crippen LogP contribution in [0.5, 0.6) is 0 Å². The van der Waals surface area contributed by atoms with E-state index in [-0.39, 0.29) is 18.1 Å². The number of hydrogen-bond donors (Lipinski definition) is 1. The Morgan fingerprint density at radius 1 is 1.44 bits per heavy atom. The minimum Gasteiger partial charge on any atom is -0.465 e. The molecule has 0 bridgehead atoms. The van der Waals surface area contributed by atoms with Crippen LogP contribution in [0.3, 0.4) is 0 Å². The van der Waals surface area contributed by atoms with E-state index in [1.54, 1.807) is 6.92 Å². The van der Waals surface area contributed by atoms with E-state index in [4.69, 9.17) is 4.74 Å². The maximum absolute atomic E-state index is 12.1. The fourth-order valence-electron chi connectivity index (χ4n) is 2.42. The van der Waals surface area contributed by atoms with E-state index in [9.17, 15) is 13.2 Å². The molecule has 0 radical (unpaired) electrons. The Balaban J connectivity index is 2.11. The highest BCUT2D eigenvalue weighted by atomic mass is 32.2. The first-order valence-corrected chi connectivity index (χ1v) is 8.42. The van der Waals surface area contributed by atoms with Gasteiger partial charge in [0.15, 0.2) is 9.84 Å². The first-order valence-electron chi connectivity index (χ1n) is 6.60. The maximum atomic E-state index is 12.1. The first kappa shape index (κ1) is 13.8. The average Bonchev–Trinajstić information content (AvgIpc) is 3.09. The largest absolute Gasteiger partial charge is 0.465 e. The van der Waals surface area contributed by atoms with Gasteiger partial charge in [0.1, 0.15) is 5.54 Å². The molecule has 0 aromatic rings. The second kappa shape index (κ2) is 5.17. The van der Waals surface area contributed by atoms with Gasteiger partial charge in [-0.15, -0.1) is 0 Å². The number of rotatable bonds is 5. The van der Waals surface area contributed by atoms with E-state index in [2.05, 4.69) is 5.32 Å². The van der Waals surface area contributed by atoms with Gasteiger partial charge in [0.25, 0.3) is 0 Å². The third kappa shape index (κ3) is 3.23. The molecule has 0 amide bonds. The summed E-state index contributed by atoms with van der Waals surface area (Å²) in [5.41, 5.74) is -1.00. The lowest BCUT2D eigenvalue weighted by molar-refractivity contribution is -0.150. The van der Waals surface area contributed by atoms with Crippen molar-refractivity contribution in [1.82, 2.24) is 5.32 Å². The minimum atomic E-state index is -3.14. The molecule has 1 saturated carbocycles. The third-order valence-electron chi connectivity index (χ3n) is 3.62. The molecule has 1 heterocycles. The molecule has 18 heavy (non-hydrogen) atoms. The van der Waals surface area contributed by atoms with Crippen LogP contribution in [-0.4, -0.2) is 44.6 Å². The molecule has 1 saturated heterocycles. The summed E-state index contributed by atoms with van der Waals surface area (Å²) < 4.78 is 28.6. The van der Waals surface area contributed by atoms with Crippen LogP contribution in [0, 0.1) is 5.92 Å². The number of esters is 1. The quantitative estimate of drug-likeness (QED) is 0.740. The van der Waals surface area contributed by atoms with Crippen molar-refractivity contribution in [2.24, 2.45) is 5.92 Å². The summed E-state index contributed by atoms with van der Waals surface area (Å²) in [6.45, 7) is 2.74. The standard InChI is InChI=1S/C12H21NO4S/c1-2-17-11(14)12(13-8-10-4-5-10)6-3-7-18(15,16)9-12/h10,13H,2-9H2,1H3. The van der Waals surface area contributed by atoms with Crippen LogP contribution in [0.25, 0.3) is 0 Å². The van der Waals surface area contributed by atoms with Crippen LogP contribution in [-0.2, 0) is 19.4 Å². The number of sulfone groups is 1. The fraction of sp³-hybridized carbons (Fsp3) is 0.917. The molecule has 1 atom stereocenters. The van der Waals surface area contributed by atoms with Crippen LogP contribution in [0.4, 0.5) is 0 Å². The molecule has 2 fully saturated rings. The summed E-state index contributed by atoms with van der Waals surface area (Å²) in [6.07, 6.45) is 3.41. The van der Waals surface area contributed by atoms with Crippen LogP contribution < -0.4 is 5.32 Å². The highest BCUT2D eigenvalue weighted by Crippen LogP contribution is 2.30. The van der Waals surface area contributed by atoms with Crippen molar-refractivity contribution in [2.45, 2.75) is 38.1 Å². The van der Waals surface area contributed by atoms with Gasteiger partial charge in [-0.2, -0.15) is 0 Å². The average molecular weight is 275 g/mol. The van der Waals surface area contributed by atoms with Gasteiger partial charge in [-0.05, 0) is 45.1 Å². The molecule has 1 N–H and O–H groups in total. The van der Waals surface area contributed by atoms with E-state index in [1.807, 2.05) is 0 Å². The minimum absolute atomic E-state index is 0.119. The molecule has 5 nitrogen and oxygen atoms in total. The first-order chi connectivity index (χ1) is 8.47. The van der Waals surface area contributed by atoms with Crippen LogP contribution in [0.15, 0.2) is 0 Å². The summed E-state index contributed by atoms with van der Waals surface area (Å²) in [5, 5.41) is 3.18. The lowest BCUT2D eigenvalue weighted by atomic mass is 9.95. The molecule has 2 rings (SSSR count). The van der Waals surface area contributed by atoms with E-state index < -0.39 is 21.3 Å². The van der Waals surface area contributed by atoms with Gasteiger partial charge in [-0.25, -0.2) is 8.42 Å². The summed E-state index contributed by atoms with van der Waals surface area (Å²) in [7, 11) is -3.14. The number of carbonyl (C=O) groups is 1. The smallest absolute Gasteiger partial charge is 0.327 e. The highest BCUT2D eigenvalue weighted by Gasteiger charge is 2.46. The van der Waals surface area contributed by atoms with Gasteiger partial charge < -0.3 is 10.1 Å². The molecule has 0 aromatic heterocycles. The molecular formula is C12H21NO4S. The zero-order valence-corrected chi connectivity index (χ0v) is 11.6. The molecule has 1 aliphatic heterocycles. The van der Waals surface area contributed by atoms with Crippen molar-refractivity contribution in [3.8, 4) is 0 Å². The predicted molar refractivity (Wildman–Crippen MR) is 68.0 cm³/mol. The second-order valence-electron chi connectivity index (χ2n) is 5.32. The van der Waals surface area contributed by atoms with Crippen molar-refractivity contribution in [3.05, 3.63) is 0 Å². The Labute approximate surface area is 108 Å². The molecule has 6 heteroatoms. The Kier molecular flexibility index (Phi) is 3.96. The topological polar surface area (TPSA) is 72.5 Å². The van der Waals surface area contributed by atoms with Gasteiger partial charge in [0, 0.05) is 0 Å². The van der Waals surface area contributed by atoms with Crippen LogP contribution in [0.1, 0.15) is 32.6 Å². The van der Waals surface area contributed by atoms with Gasteiger partial charge in [-0.3, -0.25) is 4.79 Å². The molecule has 2 aliphatic rings. The van der Waals surface area contributed by atoms with Gasteiger partial charge in [-0.1, -0.05) is 0 Å². The van der Waals surface area contributed by atoms with Crippen molar-refractivity contribution in [2.75, 3.05) is 24.7 Å². The van der Waals surface area contributed by atoms with E-state index in [0.717, 1.165) is 0 Å². The molecule has 0 spiro atoms. The van der Waals surface area contributed by atoms with Crippen LogP contribution >= 0.6 is 0 Å². The van der Waals surface area contributed by atoms with Gasteiger partial charge in [0.2, 0.25) is 0 Å². The number of ether oxygens (including phenoxy) is 1. The molecule has 104 valence electrons. The lowest BCUT2D eigenvalue weighted by Crippen LogP contribution is -2.60. The Hall–Kier alpha value is -0.620. The zero-order chi connectivity index (χ0) is 13.2. The normalized spacial score (nSPS) is 30.9. The Morgan fingerprint density at radius 3 is 2.72 bits per heavy atom. The fourth-order valence-corrected chi connectivity index (χ4v) is 4.26. The number of nitrogens with one attached hydrogen (secondary N) is 1. The summed E-state index contributed by atoms with van der Waals surface area (Å²) in [6, 6.07) is 0. The molecule has 1 aliphatic carbocycles. The zero-order valence-electron chi connectivity index (χ0n) is 10.8. The molecule has 1 unspecified atom stereocenters. The second-order valence-corrected chi connectivity index (χ2v) is 7.51. The molecular weight excluding hydrogens is 254 g/mol. The highest BCUT2D eigenvalue weighted by molar-refractivity contribution is 7.91. The number of hydrogen-bond acceptors (Lipinski definition) is 5. The van der Waals surface area contributed by atoms with Crippen molar-refractivity contribution < 1.29 is 17.9 Å². The van der Waals surface area contributed by atoms with Gasteiger partial charge in [0.05, 0.1) is 18.1 Å². The SMILES string of the molecule is CCOC(=O)C1(NCC2CC2)CCCS(=O)(=O)C1. The summed E-state index contributed by atoms with van der Waals surface area (Å²) in [5.74, 6) is 0.250. The van der Waals surface area contributed by atoms with E-state index in [1.165, 1.54) is 12.8 Å². The van der Waals surface area contributed by atoms with Crippen molar-refractivity contribution in [3.63, 3.8) is 0 Å². The van der Waals surface area contributed by atoms with Crippen LogP contribution in [0.2, 0.25) is 0 Å². The van der Waals surface area contributed by atoms with E-state index in [0.29, 0.717) is 25.3 Å². The summed E-state index contributed by atoms with van der Waals surface area (Å²) in [4.78, 5) is 12.1. The van der Waals surface area contributed by atoms with Gasteiger partial charge >= 0.3 is 5.97 Å². The monoisotopic (exact) mass is 275 g/mol. The predicted octanol–water partition coefficient (Wildman–Crippen LogP) is 0.496. The lowest BCUT2D eigenvalue weighted by Gasteiger charge is -2.35. The number of carbonyl (C=O) groups excluding carboxylic acids is 1. The molecule has 0 aromatic carbocycles. The Morgan fingerprint density at radius 2 is 2.17 bits per heavy atom. The Bertz CT molecular complexity index is 416. The van der Waals surface area contributed by atoms with Crippen molar-refractivity contribution >= 4 is 15.8 Å².